The predicted molar refractivity (Wildman–Crippen MR) is 77.4 cm³/mol. The fourth-order valence-corrected chi connectivity index (χ4v) is 1.53. The molecule has 0 bridgehead atoms. The van der Waals surface area contributed by atoms with Crippen molar-refractivity contribution in [2.45, 2.75) is 13.2 Å². The molecule has 0 atom stereocenters. The molecule has 0 radical (unpaired) electrons. The van der Waals surface area contributed by atoms with Crippen molar-refractivity contribution >= 4 is 0 Å². The first-order valence-corrected chi connectivity index (χ1v) is 6.10. The molecule has 0 aliphatic heterocycles. The second kappa shape index (κ2) is 9.94. The zero-order chi connectivity index (χ0) is 14.6. The molecule has 5 heteroatoms. The molecule has 0 unspecified atom stereocenters. The molecule has 2 aromatic rings. The molecule has 2 aromatic carbocycles. The molecule has 0 aliphatic carbocycles. The lowest BCUT2D eigenvalue weighted by Gasteiger charge is -2.01. The molecule has 0 fully saturated rings. The van der Waals surface area contributed by atoms with Gasteiger partial charge in [0.25, 0.3) is 0 Å². The van der Waals surface area contributed by atoms with Crippen LogP contribution in [-0.4, -0.2) is 7.11 Å². The lowest BCUT2D eigenvalue weighted by Crippen LogP contribution is -1.98. The van der Waals surface area contributed by atoms with Crippen LogP contribution in [0.1, 0.15) is 11.1 Å². The van der Waals surface area contributed by atoms with Gasteiger partial charge in [0.1, 0.15) is 5.75 Å². The van der Waals surface area contributed by atoms with E-state index in [0.717, 1.165) is 16.9 Å². The van der Waals surface area contributed by atoms with E-state index in [-0.39, 0.29) is 0 Å². The highest BCUT2D eigenvalue weighted by Gasteiger charge is 1.93. The number of hydrogen-bond donors (Lipinski definition) is 2. The lowest BCUT2D eigenvalue weighted by molar-refractivity contribution is 0.124. The van der Waals surface area contributed by atoms with Crippen LogP contribution in [0, 0.1) is 0 Å². The van der Waals surface area contributed by atoms with E-state index in [0.29, 0.717) is 13.2 Å². The molecule has 0 spiro atoms. The summed E-state index contributed by atoms with van der Waals surface area (Å²) in [6, 6.07) is 17.4. The number of nitrogens with two attached hydrogens (primary N) is 2. The normalized spacial score (nSPS) is 9.55. The van der Waals surface area contributed by atoms with Crippen LogP contribution >= 0.6 is 0 Å². The van der Waals surface area contributed by atoms with E-state index in [1.807, 2.05) is 54.6 Å². The highest BCUT2D eigenvalue weighted by atomic mass is 16.6. The average molecular weight is 276 g/mol. The Kier molecular flexibility index (Phi) is 8.02. The summed E-state index contributed by atoms with van der Waals surface area (Å²) >= 11 is 0. The SMILES string of the molecule is COc1cccc(CON)c1.NOCc1ccccc1. The van der Waals surface area contributed by atoms with Gasteiger partial charge in [-0.05, 0) is 23.3 Å². The Morgan fingerprint density at radius 2 is 1.40 bits per heavy atom. The average Bonchev–Trinajstić information content (AvgIpc) is 2.50. The number of methoxy groups -OCH3 is 1. The van der Waals surface area contributed by atoms with E-state index in [1.54, 1.807) is 7.11 Å². The highest BCUT2D eigenvalue weighted by molar-refractivity contribution is 5.27. The zero-order valence-electron chi connectivity index (χ0n) is 11.5. The van der Waals surface area contributed by atoms with Crippen molar-refractivity contribution in [1.29, 1.82) is 0 Å². The van der Waals surface area contributed by atoms with Crippen LogP contribution in [0.15, 0.2) is 54.6 Å². The van der Waals surface area contributed by atoms with Crippen molar-refractivity contribution in [3.05, 3.63) is 65.7 Å². The van der Waals surface area contributed by atoms with Crippen molar-refractivity contribution in [3.63, 3.8) is 0 Å². The predicted octanol–water partition coefficient (Wildman–Crippen LogP) is 2.16. The summed E-state index contributed by atoms with van der Waals surface area (Å²) in [7, 11) is 1.63. The van der Waals surface area contributed by atoms with Gasteiger partial charge in [-0.25, -0.2) is 11.8 Å². The molecule has 5 nitrogen and oxygen atoms in total. The molecule has 0 amide bonds. The van der Waals surface area contributed by atoms with Crippen LogP contribution in [0.3, 0.4) is 0 Å². The van der Waals surface area contributed by atoms with E-state index < -0.39 is 0 Å². The summed E-state index contributed by atoms with van der Waals surface area (Å²) < 4.78 is 5.00. The topological polar surface area (TPSA) is 79.7 Å². The van der Waals surface area contributed by atoms with Crippen molar-refractivity contribution in [1.82, 2.24) is 0 Å². The van der Waals surface area contributed by atoms with Gasteiger partial charge >= 0.3 is 0 Å². The molecule has 2 rings (SSSR count). The first-order chi connectivity index (χ1) is 9.80. The Balaban J connectivity index is 0.000000204. The van der Waals surface area contributed by atoms with Crippen LogP contribution in [0.25, 0.3) is 0 Å². The smallest absolute Gasteiger partial charge is 0.119 e. The van der Waals surface area contributed by atoms with Crippen molar-refractivity contribution in [2.75, 3.05) is 7.11 Å². The van der Waals surface area contributed by atoms with Crippen molar-refractivity contribution < 1.29 is 14.4 Å². The molecule has 108 valence electrons. The maximum absolute atomic E-state index is 5.00. The zero-order valence-corrected chi connectivity index (χ0v) is 11.5. The van der Waals surface area contributed by atoms with Crippen LogP contribution in [0.2, 0.25) is 0 Å². The van der Waals surface area contributed by atoms with Gasteiger partial charge in [-0.1, -0.05) is 42.5 Å². The Morgan fingerprint density at radius 1 is 0.800 bits per heavy atom. The molecule has 0 aliphatic rings. The third kappa shape index (κ3) is 6.31. The molecule has 4 N–H and O–H groups in total. The number of hydrogen-bond acceptors (Lipinski definition) is 5. The second-order valence-corrected chi connectivity index (χ2v) is 3.96. The largest absolute Gasteiger partial charge is 0.497 e. The van der Waals surface area contributed by atoms with Gasteiger partial charge in [0.15, 0.2) is 0 Å². The van der Waals surface area contributed by atoms with Gasteiger partial charge < -0.3 is 4.74 Å². The van der Waals surface area contributed by atoms with Crippen molar-refractivity contribution in [2.24, 2.45) is 11.8 Å². The Hall–Kier alpha value is -1.92. The summed E-state index contributed by atoms with van der Waals surface area (Å²) in [4.78, 5) is 8.90. The highest BCUT2D eigenvalue weighted by Crippen LogP contribution is 2.12. The van der Waals surface area contributed by atoms with Gasteiger partial charge in [-0.2, -0.15) is 0 Å². The maximum Gasteiger partial charge on any atom is 0.119 e. The summed E-state index contributed by atoms with van der Waals surface area (Å²) in [5, 5.41) is 0. The Labute approximate surface area is 119 Å². The molecular formula is C15H20N2O3. The van der Waals surface area contributed by atoms with Gasteiger partial charge in [-0.15, -0.1) is 0 Å². The summed E-state index contributed by atoms with van der Waals surface area (Å²) in [5.41, 5.74) is 2.10. The standard InChI is InChI=1S/C8H11NO2.C7H9NO/c1-10-8-4-2-3-7(5-8)6-11-9;8-9-6-7-4-2-1-3-5-7/h2-5H,6,9H2,1H3;1-5H,6,8H2. The molecule has 0 saturated carbocycles. The summed E-state index contributed by atoms with van der Waals surface area (Å²) in [5.74, 6) is 10.6. The minimum absolute atomic E-state index is 0.414. The van der Waals surface area contributed by atoms with Gasteiger partial charge in [0.2, 0.25) is 0 Å². The van der Waals surface area contributed by atoms with Crippen LogP contribution in [-0.2, 0) is 22.9 Å². The lowest BCUT2D eigenvalue weighted by atomic mass is 10.2. The summed E-state index contributed by atoms with van der Waals surface area (Å²) in [6.45, 7) is 0.901. The number of benzene rings is 2. The first kappa shape index (κ1) is 16.1. The fourth-order valence-electron chi connectivity index (χ4n) is 1.53. The Bertz CT molecular complexity index is 478. The van der Waals surface area contributed by atoms with Crippen molar-refractivity contribution in [3.8, 4) is 5.75 Å². The minimum atomic E-state index is 0.414. The van der Waals surface area contributed by atoms with E-state index in [4.69, 9.17) is 16.5 Å². The van der Waals surface area contributed by atoms with Crippen LogP contribution in [0.5, 0.6) is 5.75 Å². The van der Waals surface area contributed by atoms with E-state index in [9.17, 15) is 0 Å². The van der Waals surface area contributed by atoms with Gasteiger partial charge in [0.05, 0.1) is 20.3 Å². The van der Waals surface area contributed by atoms with Gasteiger partial charge in [-0.3, -0.25) is 9.68 Å². The molecule has 0 saturated heterocycles. The fraction of sp³-hybridized carbons (Fsp3) is 0.200. The van der Waals surface area contributed by atoms with Crippen LogP contribution in [0.4, 0.5) is 0 Å². The van der Waals surface area contributed by atoms with E-state index >= 15 is 0 Å². The third-order valence-corrected chi connectivity index (χ3v) is 2.48. The quantitative estimate of drug-likeness (QED) is 0.818. The Morgan fingerprint density at radius 3 is 2.00 bits per heavy atom. The van der Waals surface area contributed by atoms with E-state index in [1.165, 1.54) is 0 Å². The molecule has 0 heterocycles. The molecule has 0 aromatic heterocycles. The first-order valence-electron chi connectivity index (χ1n) is 6.10. The third-order valence-electron chi connectivity index (χ3n) is 2.48. The monoisotopic (exact) mass is 276 g/mol. The number of rotatable bonds is 5. The van der Waals surface area contributed by atoms with E-state index in [2.05, 4.69) is 9.68 Å². The minimum Gasteiger partial charge on any atom is -0.497 e. The second-order valence-electron chi connectivity index (χ2n) is 3.96. The van der Waals surface area contributed by atoms with Crippen LogP contribution < -0.4 is 16.5 Å². The summed E-state index contributed by atoms with van der Waals surface area (Å²) in [6.07, 6.45) is 0. The molecular weight excluding hydrogens is 256 g/mol. The molecule has 20 heavy (non-hydrogen) atoms. The number of ether oxygens (including phenoxy) is 1. The maximum atomic E-state index is 5.00. The van der Waals surface area contributed by atoms with Gasteiger partial charge in [0, 0.05) is 0 Å².